The second-order valence-corrected chi connectivity index (χ2v) is 7.92. The number of rotatable bonds is 6. The molecule has 0 aliphatic carbocycles. The summed E-state index contributed by atoms with van der Waals surface area (Å²) in [5, 5.41) is 4.88. The molecule has 1 atom stereocenters. The summed E-state index contributed by atoms with van der Waals surface area (Å²) in [4.78, 5) is 40.6. The van der Waals surface area contributed by atoms with Gasteiger partial charge in [0.05, 0.1) is 17.7 Å². The standard InChI is InChI=1S/C20H22N2O3S/c1-12(2)10-16(18(23)21-11-17-13(3)8-9-26-17)22-19(24)14-6-4-5-7-15(14)20(22)25/h4-9,12,16H,10-11H2,1-3H3,(H,21,23)/t16-/m1/s1. The third-order valence-electron chi connectivity index (χ3n) is 4.53. The van der Waals surface area contributed by atoms with Crippen molar-refractivity contribution in [3.63, 3.8) is 0 Å². The zero-order valence-electron chi connectivity index (χ0n) is 15.1. The fraction of sp³-hybridized carbons (Fsp3) is 0.350. The molecule has 0 unspecified atom stereocenters. The molecular formula is C20H22N2O3S. The Kier molecular flexibility index (Phi) is 5.23. The maximum atomic E-state index is 12.9. The predicted molar refractivity (Wildman–Crippen MR) is 101 cm³/mol. The molecule has 136 valence electrons. The summed E-state index contributed by atoms with van der Waals surface area (Å²) >= 11 is 1.58. The van der Waals surface area contributed by atoms with Gasteiger partial charge in [0.2, 0.25) is 5.91 Å². The number of imide groups is 1. The first-order valence-electron chi connectivity index (χ1n) is 8.67. The molecule has 2 heterocycles. The molecule has 26 heavy (non-hydrogen) atoms. The number of carbonyl (C=O) groups excluding carboxylic acids is 3. The van der Waals surface area contributed by atoms with E-state index >= 15 is 0 Å². The second kappa shape index (κ2) is 7.41. The van der Waals surface area contributed by atoms with Crippen molar-refractivity contribution in [1.82, 2.24) is 10.2 Å². The number of fused-ring (bicyclic) bond motifs is 1. The Bertz CT molecular complexity index is 821. The smallest absolute Gasteiger partial charge is 0.262 e. The summed E-state index contributed by atoms with van der Waals surface area (Å²) in [7, 11) is 0. The van der Waals surface area contributed by atoms with Crippen LogP contribution in [0.5, 0.6) is 0 Å². The zero-order chi connectivity index (χ0) is 18.8. The van der Waals surface area contributed by atoms with Crippen LogP contribution >= 0.6 is 11.3 Å². The molecule has 0 spiro atoms. The van der Waals surface area contributed by atoms with Gasteiger partial charge in [-0.25, -0.2) is 0 Å². The number of benzene rings is 1. The first-order chi connectivity index (χ1) is 12.4. The molecule has 0 saturated heterocycles. The quantitative estimate of drug-likeness (QED) is 0.793. The fourth-order valence-electron chi connectivity index (χ4n) is 3.14. The van der Waals surface area contributed by atoms with E-state index in [-0.39, 0.29) is 11.8 Å². The molecule has 0 radical (unpaired) electrons. The summed E-state index contributed by atoms with van der Waals surface area (Å²) in [6, 6.07) is 7.92. The van der Waals surface area contributed by atoms with Gasteiger partial charge in [-0.15, -0.1) is 11.3 Å². The van der Waals surface area contributed by atoms with Crippen molar-refractivity contribution in [2.24, 2.45) is 5.92 Å². The summed E-state index contributed by atoms with van der Waals surface area (Å²) in [6.07, 6.45) is 0.431. The van der Waals surface area contributed by atoms with E-state index in [1.54, 1.807) is 35.6 Å². The van der Waals surface area contributed by atoms with Gasteiger partial charge < -0.3 is 5.32 Å². The van der Waals surface area contributed by atoms with E-state index in [9.17, 15) is 14.4 Å². The molecular weight excluding hydrogens is 348 g/mol. The van der Waals surface area contributed by atoms with Gasteiger partial charge in [0.1, 0.15) is 6.04 Å². The third kappa shape index (κ3) is 3.42. The summed E-state index contributed by atoms with van der Waals surface area (Å²) in [5.41, 5.74) is 1.86. The van der Waals surface area contributed by atoms with Crippen LogP contribution in [0.1, 0.15) is 51.4 Å². The molecule has 0 fully saturated rings. The number of hydrogen-bond acceptors (Lipinski definition) is 4. The van der Waals surface area contributed by atoms with E-state index in [4.69, 9.17) is 0 Å². The van der Waals surface area contributed by atoms with Crippen molar-refractivity contribution in [1.29, 1.82) is 0 Å². The van der Waals surface area contributed by atoms with Crippen LogP contribution in [0.2, 0.25) is 0 Å². The zero-order valence-corrected chi connectivity index (χ0v) is 15.9. The SMILES string of the molecule is Cc1ccsc1CNC(=O)[C@@H](CC(C)C)N1C(=O)c2ccccc2C1=O. The Morgan fingerprint density at radius 3 is 2.23 bits per heavy atom. The molecule has 2 aromatic rings. The number of nitrogens with one attached hydrogen (secondary N) is 1. The third-order valence-corrected chi connectivity index (χ3v) is 5.55. The minimum Gasteiger partial charge on any atom is -0.349 e. The number of thiophene rings is 1. The average Bonchev–Trinajstić information content (AvgIpc) is 3.13. The Balaban J connectivity index is 1.82. The van der Waals surface area contributed by atoms with E-state index in [2.05, 4.69) is 5.32 Å². The van der Waals surface area contributed by atoms with Crippen molar-refractivity contribution in [2.45, 2.75) is 39.8 Å². The maximum absolute atomic E-state index is 12.9. The highest BCUT2D eigenvalue weighted by Crippen LogP contribution is 2.27. The van der Waals surface area contributed by atoms with Crippen molar-refractivity contribution in [3.05, 3.63) is 57.3 Å². The summed E-state index contributed by atoms with van der Waals surface area (Å²) in [5.74, 6) is -0.906. The van der Waals surface area contributed by atoms with E-state index in [0.717, 1.165) is 15.3 Å². The molecule has 1 aromatic heterocycles. The molecule has 0 bridgehead atoms. The fourth-order valence-corrected chi connectivity index (χ4v) is 3.98. The van der Waals surface area contributed by atoms with Crippen LogP contribution < -0.4 is 5.32 Å². The van der Waals surface area contributed by atoms with Crippen LogP contribution in [0.3, 0.4) is 0 Å². The molecule has 1 N–H and O–H groups in total. The molecule has 5 nitrogen and oxygen atoms in total. The van der Waals surface area contributed by atoms with Gasteiger partial charge in [0.15, 0.2) is 0 Å². The number of nitrogens with zero attached hydrogens (tertiary/aromatic N) is 1. The molecule has 1 aromatic carbocycles. The van der Waals surface area contributed by atoms with Crippen LogP contribution in [0.25, 0.3) is 0 Å². The second-order valence-electron chi connectivity index (χ2n) is 6.92. The van der Waals surface area contributed by atoms with Gasteiger partial charge in [0.25, 0.3) is 11.8 Å². The monoisotopic (exact) mass is 370 g/mol. The van der Waals surface area contributed by atoms with Crippen molar-refractivity contribution >= 4 is 29.1 Å². The van der Waals surface area contributed by atoms with Crippen LogP contribution in [-0.2, 0) is 11.3 Å². The number of hydrogen-bond donors (Lipinski definition) is 1. The highest BCUT2D eigenvalue weighted by molar-refractivity contribution is 7.10. The van der Waals surface area contributed by atoms with E-state index in [1.165, 1.54) is 0 Å². The lowest BCUT2D eigenvalue weighted by molar-refractivity contribution is -0.125. The van der Waals surface area contributed by atoms with Crippen LogP contribution in [0, 0.1) is 12.8 Å². The highest BCUT2D eigenvalue weighted by atomic mass is 32.1. The first kappa shape index (κ1) is 18.3. The summed E-state index contributed by atoms with van der Waals surface area (Å²) in [6.45, 7) is 6.34. The molecule has 1 aliphatic heterocycles. The van der Waals surface area contributed by atoms with Crippen LogP contribution in [0.4, 0.5) is 0 Å². The van der Waals surface area contributed by atoms with Crippen molar-refractivity contribution < 1.29 is 14.4 Å². The molecule has 3 rings (SSSR count). The minimum atomic E-state index is -0.803. The van der Waals surface area contributed by atoms with Gasteiger partial charge in [0, 0.05) is 4.88 Å². The first-order valence-corrected chi connectivity index (χ1v) is 9.55. The van der Waals surface area contributed by atoms with E-state index in [0.29, 0.717) is 24.1 Å². The molecule has 6 heteroatoms. The molecule has 0 saturated carbocycles. The number of amides is 3. The van der Waals surface area contributed by atoms with Gasteiger partial charge in [-0.1, -0.05) is 26.0 Å². The summed E-state index contributed by atoms with van der Waals surface area (Å²) < 4.78 is 0. The topological polar surface area (TPSA) is 66.5 Å². The minimum absolute atomic E-state index is 0.165. The lowest BCUT2D eigenvalue weighted by Crippen LogP contribution is -2.50. The maximum Gasteiger partial charge on any atom is 0.262 e. The lowest BCUT2D eigenvalue weighted by Gasteiger charge is -2.26. The van der Waals surface area contributed by atoms with Crippen LogP contribution in [0.15, 0.2) is 35.7 Å². The van der Waals surface area contributed by atoms with Gasteiger partial charge in [-0.2, -0.15) is 0 Å². The van der Waals surface area contributed by atoms with E-state index in [1.807, 2.05) is 32.2 Å². The normalized spacial score (nSPS) is 14.7. The molecule has 3 amide bonds. The van der Waals surface area contributed by atoms with Crippen LogP contribution in [-0.4, -0.2) is 28.7 Å². The molecule has 1 aliphatic rings. The Morgan fingerprint density at radius 2 is 1.73 bits per heavy atom. The lowest BCUT2D eigenvalue weighted by atomic mass is 10.0. The van der Waals surface area contributed by atoms with Gasteiger partial charge in [-0.3, -0.25) is 19.3 Å². The van der Waals surface area contributed by atoms with Gasteiger partial charge in [-0.05, 0) is 48.4 Å². The highest BCUT2D eigenvalue weighted by Gasteiger charge is 2.42. The largest absolute Gasteiger partial charge is 0.349 e. The Labute approximate surface area is 157 Å². The van der Waals surface area contributed by atoms with Crippen molar-refractivity contribution in [3.8, 4) is 0 Å². The average molecular weight is 370 g/mol. The van der Waals surface area contributed by atoms with Gasteiger partial charge >= 0.3 is 0 Å². The van der Waals surface area contributed by atoms with E-state index < -0.39 is 17.9 Å². The number of carbonyl (C=O) groups is 3. The van der Waals surface area contributed by atoms with Crippen molar-refractivity contribution in [2.75, 3.05) is 0 Å². The predicted octanol–water partition coefficient (Wildman–Crippen LogP) is 3.38. The Morgan fingerprint density at radius 1 is 1.12 bits per heavy atom. The Hall–Kier alpha value is -2.47. The number of aryl methyl sites for hydroxylation is 1.